The first kappa shape index (κ1) is 8.95. The summed E-state index contributed by atoms with van der Waals surface area (Å²) in [6.07, 6.45) is 11.2. The van der Waals surface area contributed by atoms with E-state index >= 15 is 0 Å². The van der Waals surface area contributed by atoms with Crippen LogP contribution in [0.5, 0.6) is 0 Å². The van der Waals surface area contributed by atoms with Crippen LogP contribution in [0.25, 0.3) is 0 Å². The smallest absolute Gasteiger partial charge is 0.0852 e. The number of rotatable bonds is 4. The third kappa shape index (κ3) is 6.95. The molecule has 0 aromatic carbocycles. The van der Waals surface area contributed by atoms with E-state index < -0.39 is 0 Å². The molecule has 0 heterocycles. The number of nitrogens with zero attached hydrogens (tertiary/aromatic N) is 1. The topological polar surface area (TPSA) is 38.4 Å². The lowest BCUT2D eigenvalue weighted by Gasteiger charge is -1.78. The van der Waals surface area contributed by atoms with Gasteiger partial charge in [-0.05, 0) is 12.5 Å². The first-order valence-corrected chi connectivity index (χ1v) is 3.47. The van der Waals surface area contributed by atoms with E-state index in [0.717, 1.165) is 6.42 Å². The van der Waals surface area contributed by atoms with Gasteiger partial charge in [-0.15, -0.1) is 0 Å². The van der Waals surface area contributed by atoms with E-state index in [1.54, 1.807) is 6.20 Å². The molecule has 0 aromatic heterocycles. The second-order valence-electron chi connectivity index (χ2n) is 1.86. The Morgan fingerprint density at radius 2 is 2.20 bits per heavy atom. The van der Waals surface area contributed by atoms with Crippen LogP contribution in [0.2, 0.25) is 0 Å². The maximum absolute atomic E-state index is 5.00. The van der Waals surface area contributed by atoms with Crippen LogP contribution in [0.1, 0.15) is 19.8 Å². The maximum atomic E-state index is 5.00. The minimum absolute atomic E-state index is 1.12. The average molecular weight is 138 g/mol. The van der Waals surface area contributed by atoms with Crippen LogP contribution in [-0.2, 0) is 0 Å². The molecule has 0 saturated carbocycles. The Bertz CT molecular complexity index is 134. The van der Waals surface area contributed by atoms with E-state index in [-0.39, 0.29) is 0 Å². The summed E-state index contributed by atoms with van der Waals surface area (Å²) in [4.78, 5) is 3.69. The van der Waals surface area contributed by atoms with Crippen molar-refractivity contribution in [1.29, 1.82) is 0 Å². The molecule has 0 radical (unpaired) electrons. The molecule has 0 amide bonds. The molecule has 2 nitrogen and oxygen atoms in total. The number of unbranched alkanes of at least 4 members (excludes halogenated alkanes) is 1. The highest BCUT2D eigenvalue weighted by Gasteiger charge is 1.68. The highest BCUT2D eigenvalue weighted by Crippen LogP contribution is 1.88. The molecule has 0 atom stereocenters. The van der Waals surface area contributed by atoms with Gasteiger partial charge in [0, 0.05) is 6.20 Å². The van der Waals surface area contributed by atoms with Crippen LogP contribution in [0, 0.1) is 0 Å². The first-order valence-electron chi connectivity index (χ1n) is 3.47. The lowest BCUT2D eigenvalue weighted by Crippen LogP contribution is -1.84. The molecule has 2 heteroatoms. The SMILES string of the molecule is CCC\C=C/C=C\N=C/N. The molecular weight excluding hydrogens is 124 g/mol. The molecule has 0 spiro atoms. The predicted octanol–water partition coefficient (Wildman–Crippen LogP) is 1.84. The highest BCUT2D eigenvalue weighted by atomic mass is 14.8. The Morgan fingerprint density at radius 1 is 1.40 bits per heavy atom. The van der Waals surface area contributed by atoms with Crippen molar-refractivity contribution in [2.24, 2.45) is 10.7 Å². The fraction of sp³-hybridized carbons (Fsp3) is 0.375. The Labute approximate surface area is 62.1 Å². The van der Waals surface area contributed by atoms with Gasteiger partial charge in [0.15, 0.2) is 0 Å². The molecule has 0 bridgehead atoms. The van der Waals surface area contributed by atoms with E-state index in [0.29, 0.717) is 0 Å². The number of hydrogen-bond acceptors (Lipinski definition) is 1. The first-order chi connectivity index (χ1) is 4.91. The van der Waals surface area contributed by atoms with Crippen molar-refractivity contribution in [3.8, 4) is 0 Å². The lowest BCUT2D eigenvalue weighted by molar-refractivity contribution is 0.959. The molecule has 0 aliphatic heterocycles. The van der Waals surface area contributed by atoms with Crippen LogP contribution in [0.3, 0.4) is 0 Å². The second kappa shape index (κ2) is 7.95. The standard InChI is InChI=1S/C8H14N2/c1-2-3-4-5-6-7-10-8-9/h4-8H,2-3H2,1H3,(H2,9,10)/b5-4-,7-6-. The molecule has 2 N–H and O–H groups in total. The average Bonchev–Trinajstić information content (AvgIpc) is 1.97. The molecule has 0 aromatic rings. The Morgan fingerprint density at radius 3 is 2.80 bits per heavy atom. The molecule has 0 fully saturated rings. The predicted molar refractivity (Wildman–Crippen MR) is 45.9 cm³/mol. The van der Waals surface area contributed by atoms with Crippen molar-refractivity contribution in [2.45, 2.75) is 19.8 Å². The van der Waals surface area contributed by atoms with Crippen molar-refractivity contribution >= 4 is 6.34 Å². The van der Waals surface area contributed by atoms with E-state index in [1.807, 2.05) is 12.2 Å². The maximum Gasteiger partial charge on any atom is 0.0852 e. The lowest BCUT2D eigenvalue weighted by atomic mass is 10.3. The molecule has 0 aliphatic rings. The largest absolute Gasteiger partial charge is 0.390 e. The van der Waals surface area contributed by atoms with Gasteiger partial charge in [-0.2, -0.15) is 0 Å². The van der Waals surface area contributed by atoms with Gasteiger partial charge >= 0.3 is 0 Å². The fourth-order valence-electron chi connectivity index (χ4n) is 0.491. The zero-order chi connectivity index (χ0) is 7.66. The minimum atomic E-state index is 1.12. The Kier molecular flexibility index (Phi) is 7.12. The van der Waals surface area contributed by atoms with Gasteiger partial charge in [0.2, 0.25) is 0 Å². The Balaban J connectivity index is 3.32. The molecule has 10 heavy (non-hydrogen) atoms. The van der Waals surface area contributed by atoms with Gasteiger partial charge in [0.1, 0.15) is 0 Å². The fourth-order valence-corrected chi connectivity index (χ4v) is 0.491. The second-order valence-corrected chi connectivity index (χ2v) is 1.86. The van der Waals surface area contributed by atoms with Gasteiger partial charge in [-0.1, -0.05) is 25.5 Å². The summed E-state index contributed by atoms with van der Waals surface area (Å²) in [5.41, 5.74) is 5.00. The van der Waals surface area contributed by atoms with Crippen LogP contribution in [0.4, 0.5) is 0 Å². The quantitative estimate of drug-likeness (QED) is 0.359. The summed E-state index contributed by atoms with van der Waals surface area (Å²) < 4.78 is 0. The molecule has 0 unspecified atom stereocenters. The number of aliphatic imine (C=N–C) groups is 1. The van der Waals surface area contributed by atoms with Crippen LogP contribution in [-0.4, -0.2) is 6.34 Å². The molecule has 0 saturated heterocycles. The van der Waals surface area contributed by atoms with Gasteiger partial charge in [-0.3, -0.25) is 0 Å². The van der Waals surface area contributed by atoms with E-state index in [9.17, 15) is 0 Å². The molecule has 0 rings (SSSR count). The molecule has 0 aliphatic carbocycles. The summed E-state index contributed by atoms with van der Waals surface area (Å²) in [6.45, 7) is 2.14. The van der Waals surface area contributed by atoms with E-state index in [1.165, 1.54) is 12.8 Å². The van der Waals surface area contributed by atoms with Crippen LogP contribution >= 0.6 is 0 Å². The van der Waals surface area contributed by atoms with Gasteiger partial charge < -0.3 is 5.73 Å². The summed E-state index contributed by atoms with van der Waals surface area (Å²) >= 11 is 0. The monoisotopic (exact) mass is 138 g/mol. The van der Waals surface area contributed by atoms with Crippen LogP contribution in [0.15, 0.2) is 29.4 Å². The van der Waals surface area contributed by atoms with Crippen LogP contribution < -0.4 is 5.73 Å². The normalized spacial score (nSPS) is 12.5. The van der Waals surface area contributed by atoms with Crippen molar-refractivity contribution < 1.29 is 0 Å². The van der Waals surface area contributed by atoms with Crippen molar-refractivity contribution in [3.05, 3.63) is 24.4 Å². The van der Waals surface area contributed by atoms with Crippen molar-refractivity contribution in [3.63, 3.8) is 0 Å². The van der Waals surface area contributed by atoms with Gasteiger partial charge in [-0.25, -0.2) is 4.99 Å². The minimum Gasteiger partial charge on any atom is -0.390 e. The molecule has 56 valence electrons. The zero-order valence-electron chi connectivity index (χ0n) is 6.33. The van der Waals surface area contributed by atoms with E-state index in [2.05, 4.69) is 18.0 Å². The number of hydrogen-bond donors (Lipinski definition) is 1. The summed E-state index contributed by atoms with van der Waals surface area (Å²) in [5, 5.41) is 0. The van der Waals surface area contributed by atoms with Crippen molar-refractivity contribution in [1.82, 2.24) is 0 Å². The summed E-state index contributed by atoms with van der Waals surface area (Å²) in [6, 6.07) is 0. The zero-order valence-corrected chi connectivity index (χ0v) is 6.33. The highest BCUT2D eigenvalue weighted by molar-refractivity contribution is 5.52. The Hall–Kier alpha value is -1.05. The van der Waals surface area contributed by atoms with E-state index in [4.69, 9.17) is 5.73 Å². The third-order valence-corrected chi connectivity index (χ3v) is 0.961. The van der Waals surface area contributed by atoms with Crippen molar-refractivity contribution in [2.75, 3.05) is 0 Å². The third-order valence-electron chi connectivity index (χ3n) is 0.961. The number of nitrogens with two attached hydrogens (primary N) is 1. The van der Waals surface area contributed by atoms with Gasteiger partial charge in [0.05, 0.1) is 6.34 Å². The molecular formula is C8H14N2. The summed E-state index contributed by atoms with van der Waals surface area (Å²) in [7, 11) is 0. The van der Waals surface area contributed by atoms with Gasteiger partial charge in [0.25, 0.3) is 0 Å². The number of allylic oxidation sites excluding steroid dienone is 3. The summed E-state index contributed by atoms with van der Waals surface area (Å²) in [5.74, 6) is 0.